The summed E-state index contributed by atoms with van der Waals surface area (Å²) in [7, 11) is 0. The second-order valence-corrected chi connectivity index (χ2v) is 6.31. The van der Waals surface area contributed by atoms with Gasteiger partial charge in [0, 0.05) is 13.2 Å². The Morgan fingerprint density at radius 1 is 1.36 bits per heavy atom. The van der Waals surface area contributed by atoms with Crippen LogP contribution in [0.2, 0.25) is 0 Å². The minimum Gasteiger partial charge on any atom is -0.479 e. The van der Waals surface area contributed by atoms with E-state index in [9.17, 15) is 4.79 Å². The lowest BCUT2D eigenvalue weighted by Gasteiger charge is -2.32. The van der Waals surface area contributed by atoms with Gasteiger partial charge in [-0.1, -0.05) is 6.07 Å². The molecule has 0 bridgehead atoms. The van der Waals surface area contributed by atoms with Crippen molar-refractivity contribution in [2.45, 2.75) is 38.8 Å². The Kier molecular flexibility index (Phi) is 4.64. The Hall–Kier alpha value is -1.59. The average molecular weight is 304 g/mol. The largest absolute Gasteiger partial charge is 0.479 e. The van der Waals surface area contributed by atoms with Gasteiger partial charge in [-0.2, -0.15) is 0 Å². The monoisotopic (exact) mass is 304 g/mol. The first-order valence-electron chi connectivity index (χ1n) is 8.09. The topological polar surface area (TPSA) is 61.8 Å². The number of amides is 1. The number of aliphatic hydroxyl groups is 1. The molecule has 1 amide bonds. The molecule has 120 valence electrons. The SMILES string of the molecule is CC1Oc2ccc(CN3CCC(CCO)CC3)cc2NC1=O. The zero-order chi connectivity index (χ0) is 15.5. The van der Waals surface area contributed by atoms with Gasteiger partial charge in [-0.3, -0.25) is 9.69 Å². The van der Waals surface area contributed by atoms with Gasteiger partial charge >= 0.3 is 0 Å². The van der Waals surface area contributed by atoms with E-state index in [-0.39, 0.29) is 5.91 Å². The summed E-state index contributed by atoms with van der Waals surface area (Å²) in [6.07, 6.45) is 2.81. The van der Waals surface area contributed by atoms with Crippen LogP contribution < -0.4 is 10.1 Å². The van der Waals surface area contributed by atoms with E-state index in [2.05, 4.69) is 16.3 Å². The van der Waals surface area contributed by atoms with Gasteiger partial charge < -0.3 is 15.2 Å². The molecule has 1 fully saturated rings. The van der Waals surface area contributed by atoms with Crippen LogP contribution in [0.3, 0.4) is 0 Å². The standard InChI is InChI=1S/C17H24N2O3/c1-12-17(21)18-15-10-14(2-3-16(15)22-12)11-19-7-4-13(5-8-19)6-9-20/h2-3,10,12-13,20H,4-9,11H2,1H3,(H,18,21). The van der Waals surface area contributed by atoms with Crippen molar-refractivity contribution in [1.29, 1.82) is 0 Å². The number of nitrogens with one attached hydrogen (secondary N) is 1. The van der Waals surface area contributed by atoms with Gasteiger partial charge in [-0.05, 0) is 62.9 Å². The third-order valence-corrected chi connectivity index (χ3v) is 4.63. The first kappa shape index (κ1) is 15.3. The number of anilines is 1. The van der Waals surface area contributed by atoms with Crippen molar-refractivity contribution in [1.82, 2.24) is 4.90 Å². The number of benzene rings is 1. The number of piperidine rings is 1. The van der Waals surface area contributed by atoms with Crippen LogP contribution in [0.25, 0.3) is 0 Å². The van der Waals surface area contributed by atoms with E-state index < -0.39 is 6.10 Å². The van der Waals surface area contributed by atoms with Gasteiger partial charge in [0.05, 0.1) is 5.69 Å². The second-order valence-electron chi connectivity index (χ2n) is 6.31. The number of carbonyl (C=O) groups is 1. The van der Waals surface area contributed by atoms with Crippen molar-refractivity contribution in [3.8, 4) is 5.75 Å². The smallest absolute Gasteiger partial charge is 0.265 e. The molecule has 2 aliphatic heterocycles. The summed E-state index contributed by atoms with van der Waals surface area (Å²) in [5.41, 5.74) is 1.97. The molecule has 1 aromatic carbocycles. The predicted molar refractivity (Wildman–Crippen MR) is 84.9 cm³/mol. The van der Waals surface area contributed by atoms with Crippen LogP contribution in [-0.4, -0.2) is 41.7 Å². The lowest BCUT2D eigenvalue weighted by Crippen LogP contribution is -2.35. The van der Waals surface area contributed by atoms with E-state index in [1.807, 2.05) is 12.1 Å². The maximum atomic E-state index is 11.7. The molecule has 3 rings (SSSR count). The highest BCUT2D eigenvalue weighted by molar-refractivity contribution is 5.97. The molecular formula is C17H24N2O3. The molecule has 1 saturated heterocycles. The van der Waals surface area contributed by atoms with Crippen molar-refractivity contribution in [3.63, 3.8) is 0 Å². The average Bonchev–Trinajstić information content (AvgIpc) is 2.51. The molecule has 1 aromatic rings. The number of rotatable bonds is 4. The third kappa shape index (κ3) is 3.42. The molecule has 5 nitrogen and oxygen atoms in total. The fourth-order valence-electron chi connectivity index (χ4n) is 3.23. The Bertz CT molecular complexity index is 539. The number of hydrogen-bond acceptors (Lipinski definition) is 4. The summed E-state index contributed by atoms with van der Waals surface area (Å²) in [4.78, 5) is 14.1. The Morgan fingerprint density at radius 2 is 2.14 bits per heavy atom. The Labute approximate surface area is 131 Å². The first-order chi connectivity index (χ1) is 10.7. The highest BCUT2D eigenvalue weighted by atomic mass is 16.5. The molecule has 2 aliphatic rings. The molecule has 0 saturated carbocycles. The van der Waals surface area contributed by atoms with Crippen LogP contribution in [0.15, 0.2) is 18.2 Å². The molecule has 2 heterocycles. The third-order valence-electron chi connectivity index (χ3n) is 4.63. The van der Waals surface area contributed by atoms with Crippen molar-refractivity contribution in [2.24, 2.45) is 5.92 Å². The van der Waals surface area contributed by atoms with Crippen LogP contribution >= 0.6 is 0 Å². The zero-order valence-electron chi connectivity index (χ0n) is 13.0. The Balaban J connectivity index is 1.60. The van der Waals surface area contributed by atoms with Gasteiger partial charge in [0.1, 0.15) is 5.75 Å². The van der Waals surface area contributed by atoms with Gasteiger partial charge in [0.2, 0.25) is 0 Å². The van der Waals surface area contributed by atoms with E-state index in [1.54, 1.807) is 6.92 Å². The number of hydrogen-bond donors (Lipinski definition) is 2. The molecular weight excluding hydrogens is 280 g/mol. The van der Waals surface area contributed by atoms with Crippen LogP contribution in [0.4, 0.5) is 5.69 Å². The van der Waals surface area contributed by atoms with E-state index in [1.165, 1.54) is 5.56 Å². The summed E-state index contributed by atoms with van der Waals surface area (Å²) in [6.45, 7) is 5.09. The van der Waals surface area contributed by atoms with Crippen molar-refractivity contribution in [3.05, 3.63) is 23.8 Å². The maximum absolute atomic E-state index is 11.7. The molecule has 0 spiro atoms. The quantitative estimate of drug-likeness (QED) is 0.893. The molecule has 1 atom stereocenters. The van der Waals surface area contributed by atoms with E-state index in [0.717, 1.165) is 50.3 Å². The van der Waals surface area contributed by atoms with Gasteiger partial charge in [-0.15, -0.1) is 0 Å². The Morgan fingerprint density at radius 3 is 2.86 bits per heavy atom. The zero-order valence-corrected chi connectivity index (χ0v) is 13.0. The molecule has 1 unspecified atom stereocenters. The number of nitrogens with zero attached hydrogens (tertiary/aromatic N) is 1. The van der Waals surface area contributed by atoms with Crippen molar-refractivity contribution >= 4 is 11.6 Å². The predicted octanol–water partition coefficient (Wildman–Crippen LogP) is 2.00. The highest BCUT2D eigenvalue weighted by Gasteiger charge is 2.24. The molecule has 0 aromatic heterocycles. The van der Waals surface area contributed by atoms with Crippen molar-refractivity contribution < 1.29 is 14.6 Å². The minimum atomic E-state index is -0.427. The summed E-state index contributed by atoms with van der Waals surface area (Å²) < 4.78 is 5.58. The fraction of sp³-hybridized carbons (Fsp3) is 0.588. The molecule has 0 aliphatic carbocycles. The number of likely N-dealkylation sites (tertiary alicyclic amines) is 1. The van der Waals surface area contributed by atoms with Gasteiger partial charge in [0.15, 0.2) is 6.10 Å². The van der Waals surface area contributed by atoms with Crippen LogP contribution in [0.5, 0.6) is 5.75 Å². The summed E-state index contributed by atoms with van der Waals surface area (Å²) in [5, 5.41) is 11.9. The normalized spacial score (nSPS) is 22.8. The van der Waals surface area contributed by atoms with E-state index in [4.69, 9.17) is 9.84 Å². The summed E-state index contributed by atoms with van der Waals surface area (Å²) in [6, 6.07) is 6.03. The van der Waals surface area contributed by atoms with Crippen LogP contribution in [-0.2, 0) is 11.3 Å². The molecule has 22 heavy (non-hydrogen) atoms. The lowest BCUT2D eigenvalue weighted by atomic mass is 9.93. The minimum absolute atomic E-state index is 0.0885. The fourth-order valence-corrected chi connectivity index (χ4v) is 3.23. The van der Waals surface area contributed by atoms with Gasteiger partial charge in [-0.25, -0.2) is 0 Å². The van der Waals surface area contributed by atoms with Crippen LogP contribution in [0, 0.1) is 5.92 Å². The summed E-state index contributed by atoms with van der Waals surface area (Å²) >= 11 is 0. The number of ether oxygens (including phenoxy) is 1. The van der Waals surface area contributed by atoms with E-state index in [0.29, 0.717) is 12.5 Å². The van der Waals surface area contributed by atoms with E-state index >= 15 is 0 Å². The number of aliphatic hydroxyl groups excluding tert-OH is 1. The molecule has 2 N–H and O–H groups in total. The number of fused-ring (bicyclic) bond motifs is 1. The van der Waals surface area contributed by atoms with Gasteiger partial charge in [0.25, 0.3) is 5.91 Å². The first-order valence-corrected chi connectivity index (χ1v) is 8.09. The highest BCUT2D eigenvalue weighted by Crippen LogP contribution is 2.31. The second kappa shape index (κ2) is 6.67. The molecule has 5 heteroatoms. The number of carbonyl (C=O) groups excluding carboxylic acids is 1. The lowest BCUT2D eigenvalue weighted by molar-refractivity contribution is -0.122. The molecule has 0 radical (unpaired) electrons. The maximum Gasteiger partial charge on any atom is 0.265 e. The van der Waals surface area contributed by atoms with Crippen LogP contribution in [0.1, 0.15) is 31.7 Å². The van der Waals surface area contributed by atoms with Crippen molar-refractivity contribution in [2.75, 3.05) is 25.0 Å². The summed E-state index contributed by atoms with van der Waals surface area (Å²) in [5.74, 6) is 1.32.